The maximum absolute atomic E-state index is 14.5. The van der Waals surface area contributed by atoms with Crippen LogP contribution in [-0.4, -0.2) is 40.8 Å². The molecular weight excluding hydrogens is 526 g/mol. The van der Waals surface area contributed by atoms with Crippen molar-refractivity contribution in [2.75, 3.05) is 0 Å². The van der Waals surface area contributed by atoms with Crippen LogP contribution in [-0.2, 0) is 19.1 Å². The molecule has 5 aliphatic carbocycles. The van der Waals surface area contributed by atoms with Crippen molar-refractivity contribution >= 4 is 17.5 Å². The van der Waals surface area contributed by atoms with Crippen molar-refractivity contribution in [2.24, 2.45) is 44.8 Å². The summed E-state index contributed by atoms with van der Waals surface area (Å²) < 4.78 is 34.4. The highest BCUT2D eigenvalue weighted by atomic mass is 19.3. The predicted octanol–water partition coefficient (Wildman–Crippen LogP) is 6.29. The first-order valence-corrected chi connectivity index (χ1v) is 15.2. The van der Waals surface area contributed by atoms with Gasteiger partial charge in [0.25, 0.3) is 11.7 Å². The lowest BCUT2D eigenvalue weighted by atomic mass is 9.34. The number of hydrogen-bond donors (Lipinski definition) is 1. The SMILES string of the molecule is [C-]#[N+][C@@]12O[C@@H]1[C@]1(C)C3=CC(=O)[C@@H]4[C@@H]5CC(C)(C)CC[C@]5(NC(=O)C(C)(F)F)CC[C@@]4(C)[C@]3(C)CC[C@H]1C(C)(C)C2=O. The molecule has 0 aromatic carbocycles. The molecule has 5 fully saturated rings. The van der Waals surface area contributed by atoms with Crippen molar-refractivity contribution in [2.45, 2.75) is 124 Å². The molecule has 6 aliphatic rings. The van der Waals surface area contributed by atoms with Gasteiger partial charge in [0.15, 0.2) is 11.9 Å². The van der Waals surface area contributed by atoms with Gasteiger partial charge in [-0.05, 0) is 79.1 Å². The minimum Gasteiger partial charge on any atom is -0.345 e. The Morgan fingerprint density at radius 2 is 1.68 bits per heavy atom. The summed E-state index contributed by atoms with van der Waals surface area (Å²) in [6.07, 6.45) is 5.95. The van der Waals surface area contributed by atoms with E-state index >= 15 is 0 Å². The van der Waals surface area contributed by atoms with Crippen LogP contribution in [0.5, 0.6) is 0 Å². The second-order valence-electron chi connectivity index (χ2n) is 16.4. The Bertz CT molecular complexity index is 1340. The van der Waals surface area contributed by atoms with E-state index in [1.54, 1.807) is 6.08 Å². The van der Waals surface area contributed by atoms with E-state index in [9.17, 15) is 23.2 Å². The van der Waals surface area contributed by atoms with Gasteiger partial charge in [-0.1, -0.05) is 54.0 Å². The second-order valence-corrected chi connectivity index (χ2v) is 16.4. The van der Waals surface area contributed by atoms with E-state index < -0.39 is 56.8 Å². The summed E-state index contributed by atoms with van der Waals surface area (Å²) in [5.41, 5.74) is -3.77. The lowest BCUT2D eigenvalue weighted by Gasteiger charge is -2.69. The molecular formula is C33H44F2N2O4. The van der Waals surface area contributed by atoms with Crippen molar-refractivity contribution in [3.8, 4) is 0 Å². The number of carbonyl (C=O) groups is 3. The summed E-state index contributed by atoms with van der Waals surface area (Å²) in [4.78, 5) is 44.5. The molecule has 0 aromatic rings. The number of amides is 1. The number of alkyl halides is 2. The van der Waals surface area contributed by atoms with Crippen LogP contribution in [0.1, 0.15) is 100 Å². The number of allylic oxidation sites excluding steroid dienone is 1. The highest BCUT2D eigenvalue weighted by Gasteiger charge is 2.87. The zero-order valence-electron chi connectivity index (χ0n) is 25.7. The van der Waals surface area contributed by atoms with E-state index in [1.807, 2.05) is 13.8 Å². The smallest absolute Gasteiger partial charge is 0.345 e. The monoisotopic (exact) mass is 570 g/mol. The molecule has 1 heterocycles. The van der Waals surface area contributed by atoms with Crippen molar-refractivity contribution in [3.63, 3.8) is 0 Å². The normalized spacial score (nSPS) is 49.1. The van der Waals surface area contributed by atoms with Gasteiger partial charge >= 0.3 is 11.6 Å². The molecule has 0 spiro atoms. The van der Waals surface area contributed by atoms with E-state index in [1.165, 1.54) is 0 Å². The molecule has 8 heteroatoms. The number of Topliss-reactive ketones (excluding diaryl/α,β-unsaturated/α-hetero) is 1. The first-order chi connectivity index (χ1) is 18.7. The molecule has 1 saturated heterocycles. The van der Waals surface area contributed by atoms with E-state index in [0.29, 0.717) is 32.6 Å². The average molecular weight is 571 g/mol. The quantitative estimate of drug-likeness (QED) is 0.312. The maximum Gasteiger partial charge on any atom is 0.424 e. The first-order valence-electron chi connectivity index (χ1n) is 15.2. The molecule has 41 heavy (non-hydrogen) atoms. The fourth-order valence-electron chi connectivity index (χ4n) is 11.0. The van der Waals surface area contributed by atoms with Gasteiger partial charge in [-0.2, -0.15) is 8.78 Å². The van der Waals surface area contributed by atoms with Gasteiger partial charge in [0, 0.05) is 29.2 Å². The van der Waals surface area contributed by atoms with E-state index in [-0.39, 0.29) is 28.8 Å². The topological polar surface area (TPSA) is 80.1 Å². The number of nitrogens with one attached hydrogen (secondary N) is 1. The van der Waals surface area contributed by atoms with Gasteiger partial charge in [-0.25, -0.2) is 6.57 Å². The van der Waals surface area contributed by atoms with Crippen LogP contribution in [0.25, 0.3) is 4.85 Å². The van der Waals surface area contributed by atoms with Gasteiger partial charge in [0.05, 0.1) is 0 Å². The van der Waals surface area contributed by atoms with Crippen LogP contribution in [0.4, 0.5) is 8.78 Å². The Morgan fingerprint density at radius 3 is 2.29 bits per heavy atom. The van der Waals surface area contributed by atoms with Crippen molar-refractivity contribution in [3.05, 3.63) is 23.1 Å². The molecule has 1 aliphatic heterocycles. The Labute approximate surface area is 242 Å². The summed E-state index contributed by atoms with van der Waals surface area (Å²) in [6.45, 7) is 23.3. The summed E-state index contributed by atoms with van der Waals surface area (Å²) in [5.74, 6) is -5.71. The molecule has 1 N–H and O–H groups in total. The molecule has 0 bridgehead atoms. The highest BCUT2D eigenvalue weighted by Crippen LogP contribution is 2.77. The lowest BCUT2D eigenvalue weighted by molar-refractivity contribution is -0.171. The second kappa shape index (κ2) is 7.87. The molecule has 224 valence electrons. The third kappa shape index (κ3) is 3.33. The standard InChI is InChI=1S/C33H44F2N2O4/c1-26(2)12-14-32(37-25(40)31(8,34)35)15-13-29(6)22(18(32)17-26)19(38)16-21-28(29,5)11-10-20-27(3,4)23(39)33(36-9)24(41-33)30(20,21)7/h16,18,20,22,24H,10-15,17H2,1-8H3,(H,37,40)/t18-,20-,22-,24+,28+,29+,30-,32-,33-/m0/s1. The van der Waals surface area contributed by atoms with Crippen LogP contribution in [0.2, 0.25) is 0 Å². The fraction of sp³-hybridized carbons (Fsp3) is 0.818. The van der Waals surface area contributed by atoms with Crippen molar-refractivity contribution < 1.29 is 27.9 Å². The lowest BCUT2D eigenvalue weighted by Crippen LogP contribution is -2.71. The number of ether oxygens (including phenoxy) is 1. The van der Waals surface area contributed by atoms with E-state index in [2.05, 4.69) is 44.8 Å². The maximum atomic E-state index is 14.5. The Balaban J connectivity index is 1.49. The van der Waals surface area contributed by atoms with Gasteiger partial charge in [0.1, 0.15) is 0 Å². The van der Waals surface area contributed by atoms with Gasteiger partial charge in [0.2, 0.25) is 0 Å². The summed E-state index contributed by atoms with van der Waals surface area (Å²) in [6, 6.07) is 0. The highest BCUT2D eigenvalue weighted by molar-refractivity contribution is 6.00. The van der Waals surface area contributed by atoms with Gasteiger partial charge in [-0.3, -0.25) is 24.0 Å². The third-order valence-electron chi connectivity index (χ3n) is 13.4. The van der Waals surface area contributed by atoms with E-state index in [0.717, 1.165) is 24.8 Å². The first kappa shape index (κ1) is 29.0. The van der Waals surface area contributed by atoms with Crippen LogP contribution in [0.15, 0.2) is 11.6 Å². The molecule has 0 aromatic heterocycles. The summed E-state index contributed by atoms with van der Waals surface area (Å²) >= 11 is 0. The number of nitrogens with zero attached hydrogens (tertiary/aromatic N) is 1. The summed E-state index contributed by atoms with van der Waals surface area (Å²) in [7, 11) is 0. The molecule has 0 radical (unpaired) electrons. The van der Waals surface area contributed by atoms with Gasteiger partial charge < -0.3 is 5.32 Å². The Kier molecular flexibility index (Phi) is 5.56. The van der Waals surface area contributed by atoms with Crippen molar-refractivity contribution in [1.29, 1.82) is 0 Å². The van der Waals surface area contributed by atoms with Crippen LogP contribution in [0.3, 0.4) is 0 Å². The van der Waals surface area contributed by atoms with Crippen molar-refractivity contribution in [1.82, 2.24) is 5.32 Å². The van der Waals surface area contributed by atoms with Crippen LogP contribution in [0, 0.1) is 51.4 Å². The number of epoxide rings is 1. The largest absolute Gasteiger partial charge is 0.424 e. The number of rotatable bonds is 2. The minimum atomic E-state index is -3.50. The fourth-order valence-corrected chi connectivity index (χ4v) is 11.0. The molecule has 1 amide bonds. The zero-order chi connectivity index (χ0) is 30.4. The van der Waals surface area contributed by atoms with Crippen LogP contribution >= 0.6 is 0 Å². The van der Waals surface area contributed by atoms with E-state index in [4.69, 9.17) is 11.3 Å². The van der Waals surface area contributed by atoms with Crippen LogP contribution < -0.4 is 5.32 Å². The zero-order valence-corrected chi connectivity index (χ0v) is 25.7. The molecule has 0 unspecified atom stereocenters. The number of ketones is 2. The Hall–Kier alpha value is -2.14. The molecule has 4 saturated carbocycles. The van der Waals surface area contributed by atoms with Gasteiger partial charge in [-0.15, -0.1) is 0 Å². The number of carbonyl (C=O) groups excluding carboxylic acids is 3. The number of hydrogen-bond acceptors (Lipinski definition) is 4. The molecule has 9 atom stereocenters. The Morgan fingerprint density at radius 1 is 1.05 bits per heavy atom. The third-order valence-corrected chi connectivity index (χ3v) is 13.4. The predicted molar refractivity (Wildman–Crippen MR) is 148 cm³/mol. The minimum absolute atomic E-state index is 0.0186. The number of fused-ring (bicyclic) bond motifs is 9. The summed E-state index contributed by atoms with van der Waals surface area (Å²) in [5, 5.41) is 2.81. The average Bonchev–Trinajstić information content (AvgIpc) is 3.62. The number of halogens is 2. The molecule has 6 nitrogen and oxygen atoms in total. The molecule has 6 rings (SSSR count).